The Bertz CT molecular complexity index is 933. The van der Waals surface area contributed by atoms with Crippen LogP contribution in [0.15, 0.2) is 47.2 Å². The van der Waals surface area contributed by atoms with Gasteiger partial charge in [0.15, 0.2) is 0 Å². The second-order valence-corrected chi connectivity index (χ2v) is 8.27. The average molecular weight is 405 g/mol. The van der Waals surface area contributed by atoms with Crippen molar-refractivity contribution in [2.24, 2.45) is 11.8 Å². The summed E-state index contributed by atoms with van der Waals surface area (Å²) in [5.41, 5.74) is 4.58. The number of anilines is 1. The number of benzene rings is 1. The number of fused-ring (bicyclic) bond motifs is 1. The van der Waals surface area contributed by atoms with Crippen LogP contribution in [-0.2, 0) is 14.3 Å². The Hall–Kier alpha value is -2.91. The molecule has 6 heteroatoms. The first-order chi connectivity index (χ1) is 14.6. The van der Waals surface area contributed by atoms with Gasteiger partial charge in [-0.25, -0.2) is 0 Å². The number of nitrogens with zero attached hydrogens (tertiary/aromatic N) is 2. The van der Waals surface area contributed by atoms with Crippen LogP contribution in [0.2, 0.25) is 0 Å². The highest BCUT2D eigenvalue weighted by atomic mass is 16.5. The van der Waals surface area contributed by atoms with Crippen molar-refractivity contribution in [2.75, 3.05) is 31.1 Å². The first-order valence-corrected chi connectivity index (χ1v) is 10.6. The van der Waals surface area contributed by atoms with Crippen molar-refractivity contribution < 1.29 is 14.3 Å². The number of carbonyl (C=O) groups is 2. The summed E-state index contributed by atoms with van der Waals surface area (Å²) in [6.45, 7) is 4.73. The molecular formula is C24H27N3O3. The molecule has 1 aromatic rings. The minimum absolute atomic E-state index is 0.0128. The lowest BCUT2D eigenvalue weighted by molar-refractivity contribution is -0.124. The van der Waals surface area contributed by atoms with Crippen LogP contribution in [0.4, 0.5) is 5.69 Å². The van der Waals surface area contributed by atoms with Crippen molar-refractivity contribution in [2.45, 2.75) is 32.6 Å². The molecule has 0 bridgehead atoms. The van der Waals surface area contributed by atoms with E-state index in [1.807, 2.05) is 24.0 Å². The van der Waals surface area contributed by atoms with Crippen LogP contribution >= 0.6 is 0 Å². The molecule has 4 rings (SSSR count). The summed E-state index contributed by atoms with van der Waals surface area (Å²) in [5, 5.41) is 12.4. The molecule has 6 nitrogen and oxygen atoms in total. The lowest BCUT2D eigenvalue weighted by Crippen LogP contribution is -2.42. The minimum atomic E-state index is -0.180. The number of allylic oxidation sites excluding steroid dienone is 1. The Morgan fingerprint density at radius 1 is 1.27 bits per heavy atom. The van der Waals surface area contributed by atoms with Crippen molar-refractivity contribution in [3.63, 3.8) is 0 Å². The summed E-state index contributed by atoms with van der Waals surface area (Å²) < 4.78 is 5.42. The third kappa shape index (κ3) is 4.03. The van der Waals surface area contributed by atoms with E-state index in [-0.39, 0.29) is 23.5 Å². The van der Waals surface area contributed by atoms with Crippen LogP contribution in [0.25, 0.3) is 0 Å². The van der Waals surface area contributed by atoms with Crippen molar-refractivity contribution in [1.29, 1.82) is 5.26 Å². The van der Waals surface area contributed by atoms with Crippen molar-refractivity contribution >= 4 is 17.4 Å². The van der Waals surface area contributed by atoms with E-state index in [9.17, 15) is 9.59 Å². The largest absolute Gasteiger partial charge is 0.496 e. The average Bonchev–Trinajstić information content (AvgIpc) is 3.25. The summed E-state index contributed by atoms with van der Waals surface area (Å²) >= 11 is 0. The van der Waals surface area contributed by atoms with Gasteiger partial charge < -0.3 is 15.0 Å². The zero-order chi connectivity index (χ0) is 21.1. The molecule has 0 radical (unpaired) electrons. The molecule has 1 N–H and O–H groups in total. The zero-order valence-corrected chi connectivity index (χ0v) is 17.3. The summed E-state index contributed by atoms with van der Waals surface area (Å²) in [7, 11) is 0. The topological polar surface area (TPSA) is 82.4 Å². The van der Waals surface area contributed by atoms with Crippen LogP contribution in [0.5, 0.6) is 0 Å². The maximum absolute atomic E-state index is 13.4. The summed E-state index contributed by atoms with van der Waals surface area (Å²) in [5.74, 6) is 0.114. The zero-order valence-electron chi connectivity index (χ0n) is 17.3. The molecule has 3 aliphatic rings. The predicted molar refractivity (Wildman–Crippen MR) is 114 cm³/mol. The van der Waals surface area contributed by atoms with E-state index in [1.165, 1.54) is 0 Å². The SMILES string of the molecule is CC1=C2COC=C2CC(=O)C1CCN(C(=O)C1CCNCC1)c1ccc(C#N)cc1. The van der Waals surface area contributed by atoms with Gasteiger partial charge in [0, 0.05) is 36.1 Å². The number of piperidine rings is 1. The Labute approximate surface area is 177 Å². The number of nitriles is 1. The van der Waals surface area contributed by atoms with E-state index in [0.29, 0.717) is 31.6 Å². The van der Waals surface area contributed by atoms with Gasteiger partial charge in [-0.15, -0.1) is 0 Å². The maximum atomic E-state index is 13.4. The number of hydrogen-bond acceptors (Lipinski definition) is 5. The molecule has 1 aromatic carbocycles. The second-order valence-electron chi connectivity index (χ2n) is 8.27. The monoisotopic (exact) mass is 405 g/mol. The van der Waals surface area contributed by atoms with Gasteiger partial charge in [0.2, 0.25) is 5.91 Å². The quantitative estimate of drug-likeness (QED) is 0.814. The van der Waals surface area contributed by atoms with E-state index in [2.05, 4.69) is 11.4 Å². The molecule has 1 saturated heterocycles. The second kappa shape index (κ2) is 8.85. The molecule has 156 valence electrons. The van der Waals surface area contributed by atoms with Gasteiger partial charge in [-0.1, -0.05) is 5.57 Å². The number of hydrogen-bond donors (Lipinski definition) is 1. The number of nitrogens with one attached hydrogen (secondary N) is 1. The van der Waals surface area contributed by atoms with E-state index in [1.54, 1.807) is 18.4 Å². The fraction of sp³-hybridized carbons (Fsp3) is 0.458. The molecule has 0 aromatic heterocycles. The summed E-state index contributed by atoms with van der Waals surface area (Å²) in [6, 6.07) is 9.26. The highest BCUT2D eigenvalue weighted by molar-refractivity contribution is 5.95. The van der Waals surface area contributed by atoms with E-state index in [0.717, 1.165) is 48.3 Å². The first-order valence-electron chi connectivity index (χ1n) is 10.6. The van der Waals surface area contributed by atoms with Gasteiger partial charge in [-0.05, 0) is 69.1 Å². The minimum Gasteiger partial charge on any atom is -0.496 e. The van der Waals surface area contributed by atoms with Gasteiger partial charge in [0.25, 0.3) is 0 Å². The van der Waals surface area contributed by atoms with Crippen molar-refractivity contribution in [3.05, 3.63) is 52.8 Å². The smallest absolute Gasteiger partial charge is 0.230 e. The van der Waals surface area contributed by atoms with Crippen molar-refractivity contribution in [1.82, 2.24) is 5.32 Å². The molecule has 0 spiro atoms. The number of ketones is 1. The van der Waals surface area contributed by atoms with E-state index in [4.69, 9.17) is 10.00 Å². The molecule has 1 aliphatic carbocycles. The van der Waals surface area contributed by atoms with Gasteiger partial charge in [0.05, 0.1) is 17.9 Å². The fourth-order valence-electron chi connectivity index (χ4n) is 4.67. The van der Waals surface area contributed by atoms with Crippen LogP contribution in [0, 0.1) is 23.2 Å². The van der Waals surface area contributed by atoms with Gasteiger partial charge >= 0.3 is 0 Å². The summed E-state index contributed by atoms with van der Waals surface area (Å²) in [6.07, 6.45) is 4.36. The third-order valence-corrected chi connectivity index (χ3v) is 6.50. The van der Waals surface area contributed by atoms with E-state index < -0.39 is 0 Å². The molecule has 2 heterocycles. The number of carbonyl (C=O) groups excluding carboxylic acids is 2. The van der Waals surface area contributed by atoms with Crippen LogP contribution in [0.3, 0.4) is 0 Å². The van der Waals surface area contributed by atoms with Gasteiger partial charge in [-0.3, -0.25) is 9.59 Å². The predicted octanol–water partition coefficient (Wildman–Crippen LogP) is 3.10. The molecule has 1 fully saturated rings. The number of Topliss-reactive ketones (excluding diaryl/α,β-unsaturated/α-hetero) is 1. The lowest BCUT2D eigenvalue weighted by Gasteiger charge is -2.32. The Balaban J connectivity index is 1.55. The van der Waals surface area contributed by atoms with Crippen LogP contribution in [-0.4, -0.2) is 37.9 Å². The molecule has 0 saturated carbocycles. The highest BCUT2D eigenvalue weighted by Crippen LogP contribution is 2.36. The normalized spacial score (nSPS) is 21.5. The molecule has 30 heavy (non-hydrogen) atoms. The number of ether oxygens (including phenoxy) is 1. The molecule has 1 amide bonds. The highest BCUT2D eigenvalue weighted by Gasteiger charge is 2.34. The Kier molecular flexibility index (Phi) is 6.01. The third-order valence-electron chi connectivity index (χ3n) is 6.50. The van der Waals surface area contributed by atoms with Crippen molar-refractivity contribution in [3.8, 4) is 6.07 Å². The number of amides is 1. The molecule has 2 aliphatic heterocycles. The first kappa shape index (κ1) is 20.4. The number of rotatable bonds is 5. The van der Waals surface area contributed by atoms with Gasteiger partial charge in [-0.2, -0.15) is 5.26 Å². The fourth-order valence-corrected chi connectivity index (χ4v) is 4.67. The Morgan fingerprint density at radius 2 is 2.00 bits per heavy atom. The van der Waals surface area contributed by atoms with Crippen LogP contribution in [0.1, 0.15) is 38.2 Å². The van der Waals surface area contributed by atoms with E-state index >= 15 is 0 Å². The Morgan fingerprint density at radius 3 is 2.70 bits per heavy atom. The summed E-state index contributed by atoms with van der Waals surface area (Å²) in [4.78, 5) is 28.0. The van der Waals surface area contributed by atoms with Gasteiger partial charge in [0.1, 0.15) is 12.4 Å². The standard InChI is InChI=1S/C24H27N3O3/c1-16-21(23(28)12-19-14-30-15-22(16)19)8-11-27(20-4-2-17(13-25)3-5-20)24(29)18-6-9-26-10-7-18/h2-5,14,18,21,26H,6-12,15H2,1H3. The lowest BCUT2D eigenvalue weighted by atomic mass is 9.79. The van der Waals surface area contributed by atoms with Crippen LogP contribution < -0.4 is 10.2 Å². The maximum Gasteiger partial charge on any atom is 0.230 e. The molecule has 1 atom stereocenters. The molecular weight excluding hydrogens is 378 g/mol. The molecule has 1 unspecified atom stereocenters.